The van der Waals surface area contributed by atoms with Crippen molar-refractivity contribution < 1.29 is 4.74 Å². The van der Waals surface area contributed by atoms with Crippen LogP contribution < -0.4 is 4.74 Å². The monoisotopic (exact) mass is 398 g/mol. The van der Waals surface area contributed by atoms with E-state index in [9.17, 15) is 0 Å². The fourth-order valence-corrected chi connectivity index (χ4v) is 4.08. The third-order valence-corrected chi connectivity index (χ3v) is 5.74. The molecule has 4 aromatic rings. The van der Waals surface area contributed by atoms with Crippen molar-refractivity contribution >= 4 is 11.0 Å². The van der Waals surface area contributed by atoms with Gasteiger partial charge in [0.25, 0.3) is 0 Å². The normalized spacial score (nSPS) is 14.8. The lowest BCUT2D eigenvalue weighted by Gasteiger charge is -2.26. The van der Waals surface area contributed by atoms with Crippen molar-refractivity contribution in [1.82, 2.24) is 19.4 Å². The SMILES string of the molecule is c1ccc(-n2cnc3cc(-c4ccc(OCCN5CCCCC5)cn4)ccc32)cc1. The van der Waals surface area contributed by atoms with Crippen molar-refractivity contribution in [2.24, 2.45) is 0 Å². The molecule has 0 atom stereocenters. The Hall–Kier alpha value is -3.18. The van der Waals surface area contributed by atoms with Gasteiger partial charge in [0.2, 0.25) is 0 Å². The Morgan fingerprint density at radius 1 is 0.867 bits per heavy atom. The average molecular weight is 399 g/mol. The number of pyridine rings is 1. The lowest BCUT2D eigenvalue weighted by atomic mass is 10.1. The number of para-hydroxylation sites is 1. The predicted molar refractivity (Wildman–Crippen MR) is 120 cm³/mol. The van der Waals surface area contributed by atoms with Gasteiger partial charge in [-0.25, -0.2) is 4.98 Å². The predicted octanol–water partition coefficient (Wildman–Crippen LogP) is 4.95. The lowest BCUT2D eigenvalue weighted by Crippen LogP contribution is -2.33. The van der Waals surface area contributed by atoms with E-state index in [1.165, 1.54) is 32.4 Å². The Morgan fingerprint density at radius 3 is 2.53 bits per heavy atom. The molecule has 1 fully saturated rings. The number of ether oxygens (including phenoxy) is 1. The molecule has 0 N–H and O–H groups in total. The van der Waals surface area contributed by atoms with Gasteiger partial charge >= 0.3 is 0 Å². The van der Waals surface area contributed by atoms with Crippen molar-refractivity contribution in [3.63, 3.8) is 0 Å². The van der Waals surface area contributed by atoms with Crippen molar-refractivity contribution in [1.29, 1.82) is 0 Å². The highest BCUT2D eigenvalue weighted by Crippen LogP contribution is 2.25. The number of piperidine rings is 1. The van der Waals surface area contributed by atoms with Gasteiger partial charge in [0.1, 0.15) is 18.7 Å². The minimum Gasteiger partial charge on any atom is -0.491 e. The van der Waals surface area contributed by atoms with Crippen LogP contribution in [0.25, 0.3) is 28.0 Å². The van der Waals surface area contributed by atoms with E-state index >= 15 is 0 Å². The topological polar surface area (TPSA) is 43.2 Å². The Labute approximate surface area is 177 Å². The number of fused-ring (bicyclic) bond motifs is 1. The fraction of sp³-hybridized carbons (Fsp3) is 0.280. The molecule has 0 unspecified atom stereocenters. The van der Waals surface area contributed by atoms with E-state index in [0.29, 0.717) is 6.61 Å². The van der Waals surface area contributed by atoms with Crippen molar-refractivity contribution in [3.05, 3.63) is 73.2 Å². The van der Waals surface area contributed by atoms with Gasteiger partial charge in [0.15, 0.2) is 0 Å². The van der Waals surface area contributed by atoms with Crippen LogP contribution in [0.5, 0.6) is 5.75 Å². The summed E-state index contributed by atoms with van der Waals surface area (Å²) in [5, 5.41) is 0. The fourth-order valence-electron chi connectivity index (χ4n) is 4.08. The van der Waals surface area contributed by atoms with Crippen LogP contribution in [0.3, 0.4) is 0 Å². The summed E-state index contributed by atoms with van der Waals surface area (Å²) < 4.78 is 8.01. The van der Waals surface area contributed by atoms with Gasteiger partial charge in [-0.15, -0.1) is 0 Å². The number of imidazole rings is 1. The molecule has 3 heterocycles. The maximum Gasteiger partial charge on any atom is 0.137 e. The van der Waals surface area contributed by atoms with Crippen LogP contribution in [0.4, 0.5) is 0 Å². The maximum absolute atomic E-state index is 5.90. The quantitative estimate of drug-likeness (QED) is 0.461. The summed E-state index contributed by atoms with van der Waals surface area (Å²) in [6.45, 7) is 4.10. The van der Waals surface area contributed by atoms with E-state index in [1.54, 1.807) is 0 Å². The Balaban J connectivity index is 1.27. The van der Waals surface area contributed by atoms with E-state index < -0.39 is 0 Å². The van der Waals surface area contributed by atoms with Crippen molar-refractivity contribution in [3.8, 4) is 22.7 Å². The number of nitrogens with zero attached hydrogens (tertiary/aromatic N) is 4. The number of likely N-dealkylation sites (tertiary alicyclic amines) is 1. The molecule has 152 valence electrons. The molecule has 1 aliphatic rings. The largest absolute Gasteiger partial charge is 0.491 e. The lowest BCUT2D eigenvalue weighted by molar-refractivity contribution is 0.183. The first-order chi connectivity index (χ1) is 14.9. The van der Waals surface area contributed by atoms with Crippen LogP contribution >= 0.6 is 0 Å². The van der Waals surface area contributed by atoms with Gasteiger partial charge in [-0.1, -0.05) is 30.7 Å². The molecule has 0 saturated carbocycles. The highest BCUT2D eigenvalue weighted by Gasteiger charge is 2.10. The summed E-state index contributed by atoms with van der Waals surface area (Å²) in [7, 11) is 0. The van der Waals surface area contributed by atoms with Crippen LogP contribution in [-0.2, 0) is 0 Å². The second kappa shape index (κ2) is 8.67. The Bertz CT molecular complexity index is 1100. The molecule has 5 rings (SSSR count). The van der Waals surface area contributed by atoms with E-state index in [1.807, 2.05) is 42.9 Å². The molecule has 0 spiro atoms. The molecule has 0 amide bonds. The van der Waals surface area contributed by atoms with Crippen LogP contribution in [0, 0.1) is 0 Å². The highest BCUT2D eigenvalue weighted by molar-refractivity contribution is 5.82. The molecular formula is C25H26N4O. The molecule has 5 nitrogen and oxygen atoms in total. The van der Waals surface area contributed by atoms with E-state index in [-0.39, 0.29) is 0 Å². The van der Waals surface area contributed by atoms with Gasteiger partial charge in [-0.2, -0.15) is 0 Å². The molecule has 0 bridgehead atoms. The van der Waals surface area contributed by atoms with Crippen LogP contribution in [0.15, 0.2) is 73.2 Å². The molecule has 2 aromatic carbocycles. The number of hydrogen-bond acceptors (Lipinski definition) is 4. The molecule has 1 aliphatic heterocycles. The minimum atomic E-state index is 0.712. The first-order valence-electron chi connectivity index (χ1n) is 10.7. The average Bonchev–Trinajstić information content (AvgIpc) is 3.24. The second-order valence-electron chi connectivity index (χ2n) is 7.78. The number of hydrogen-bond donors (Lipinski definition) is 0. The molecule has 5 heteroatoms. The van der Waals surface area contributed by atoms with Crippen LogP contribution in [0.1, 0.15) is 19.3 Å². The minimum absolute atomic E-state index is 0.712. The highest BCUT2D eigenvalue weighted by atomic mass is 16.5. The smallest absolute Gasteiger partial charge is 0.137 e. The Kier molecular flexibility index (Phi) is 5.44. The van der Waals surface area contributed by atoms with Gasteiger partial charge < -0.3 is 4.74 Å². The zero-order valence-electron chi connectivity index (χ0n) is 17.1. The van der Waals surface area contributed by atoms with Crippen LogP contribution in [0.2, 0.25) is 0 Å². The summed E-state index contributed by atoms with van der Waals surface area (Å²) in [5.74, 6) is 0.824. The first kappa shape index (κ1) is 18.8. The molecular weight excluding hydrogens is 372 g/mol. The van der Waals surface area contributed by atoms with E-state index in [4.69, 9.17) is 4.74 Å². The van der Waals surface area contributed by atoms with Crippen molar-refractivity contribution in [2.75, 3.05) is 26.2 Å². The van der Waals surface area contributed by atoms with Gasteiger partial charge in [0.05, 0.1) is 22.9 Å². The summed E-state index contributed by atoms with van der Waals surface area (Å²) >= 11 is 0. The zero-order chi connectivity index (χ0) is 20.2. The van der Waals surface area contributed by atoms with E-state index in [0.717, 1.165) is 40.3 Å². The molecule has 30 heavy (non-hydrogen) atoms. The van der Waals surface area contributed by atoms with Crippen LogP contribution in [-0.4, -0.2) is 45.7 Å². The molecule has 0 aliphatic carbocycles. The molecule has 2 aromatic heterocycles. The second-order valence-corrected chi connectivity index (χ2v) is 7.78. The van der Waals surface area contributed by atoms with Gasteiger partial charge in [-0.3, -0.25) is 14.5 Å². The first-order valence-corrected chi connectivity index (χ1v) is 10.7. The van der Waals surface area contributed by atoms with Gasteiger partial charge in [-0.05, 0) is 62.3 Å². The molecule has 1 saturated heterocycles. The summed E-state index contributed by atoms with van der Waals surface area (Å²) in [6.07, 6.45) is 7.67. The molecule has 0 radical (unpaired) electrons. The number of benzene rings is 2. The van der Waals surface area contributed by atoms with Gasteiger partial charge in [0, 0.05) is 17.8 Å². The third-order valence-electron chi connectivity index (χ3n) is 5.74. The summed E-state index contributed by atoms with van der Waals surface area (Å²) in [4.78, 5) is 11.7. The maximum atomic E-state index is 5.90. The number of rotatable bonds is 6. The van der Waals surface area contributed by atoms with Crippen molar-refractivity contribution in [2.45, 2.75) is 19.3 Å². The number of aromatic nitrogens is 3. The zero-order valence-corrected chi connectivity index (χ0v) is 17.1. The van der Waals surface area contributed by atoms with E-state index in [2.05, 4.69) is 49.8 Å². The standard InChI is InChI=1S/C25H26N4O/c1-3-7-21(8-4-1)29-19-27-24-17-20(9-12-25(24)29)23-11-10-22(18-26-23)30-16-15-28-13-5-2-6-14-28/h1,3-4,7-12,17-19H,2,5-6,13-16H2. The summed E-state index contributed by atoms with van der Waals surface area (Å²) in [6, 6.07) is 20.6. The summed E-state index contributed by atoms with van der Waals surface area (Å²) in [5.41, 5.74) is 5.13. The third kappa shape index (κ3) is 4.07. The Morgan fingerprint density at radius 2 is 1.73 bits per heavy atom.